The minimum atomic E-state index is -0.102. The molecule has 0 radical (unpaired) electrons. The Bertz CT molecular complexity index is 995. The average Bonchev–Trinajstić information content (AvgIpc) is 3.19. The lowest BCUT2D eigenvalue weighted by Gasteiger charge is -2.27. The zero-order chi connectivity index (χ0) is 18.8. The molecule has 2 N–H and O–H groups in total. The van der Waals surface area contributed by atoms with Crippen LogP contribution in [0.4, 0.5) is 0 Å². The van der Waals surface area contributed by atoms with Crippen LogP contribution in [0.25, 0.3) is 11.6 Å². The molecule has 7 nitrogen and oxygen atoms in total. The summed E-state index contributed by atoms with van der Waals surface area (Å²) < 4.78 is 10.8. The van der Waals surface area contributed by atoms with Gasteiger partial charge < -0.3 is 19.2 Å². The lowest BCUT2D eigenvalue weighted by molar-refractivity contribution is 0.239. The number of nitrogens with one attached hydrogen (secondary N) is 1. The molecule has 0 saturated carbocycles. The van der Waals surface area contributed by atoms with E-state index in [1.807, 2.05) is 19.1 Å². The van der Waals surface area contributed by atoms with Gasteiger partial charge in [0.2, 0.25) is 0 Å². The Morgan fingerprint density at radius 1 is 1.37 bits per heavy atom. The molecule has 7 heteroatoms. The molecule has 0 amide bonds. The highest BCUT2D eigenvalue weighted by Crippen LogP contribution is 2.28. The number of phenolic OH excluding ortho intramolecular Hbond substituents is 1. The Hall–Kier alpha value is -3.06. The van der Waals surface area contributed by atoms with E-state index in [4.69, 9.17) is 9.15 Å². The molecule has 1 aliphatic heterocycles. The van der Waals surface area contributed by atoms with Crippen molar-refractivity contribution in [2.45, 2.75) is 26.4 Å². The van der Waals surface area contributed by atoms with Crippen LogP contribution in [-0.2, 0) is 19.5 Å². The third kappa shape index (κ3) is 3.59. The molecule has 27 heavy (non-hydrogen) atoms. The fraction of sp³-hybridized carbons (Fsp3) is 0.300. The fourth-order valence-corrected chi connectivity index (χ4v) is 3.34. The molecule has 0 atom stereocenters. The summed E-state index contributed by atoms with van der Waals surface area (Å²) in [6.45, 7) is 4.41. The summed E-state index contributed by atoms with van der Waals surface area (Å²) >= 11 is 0. The number of phenols is 1. The van der Waals surface area contributed by atoms with E-state index in [2.05, 4.69) is 14.9 Å². The molecule has 0 spiro atoms. The highest BCUT2D eigenvalue weighted by atomic mass is 16.5. The van der Waals surface area contributed by atoms with Crippen LogP contribution in [-0.4, -0.2) is 33.1 Å². The molecule has 4 rings (SSSR count). The summed E-state index contributed by atoms with van der Waals surface area (Å²) in [7, 11) is 0. The smallest absolute Gasteiger partial charge is 0.254 e. The Morgan fingerprint density at radius 2 is 2.26 bits per heavy atom. The Morgan fingerprint density at radius 3 is 3.04 bits per heavy atom. The third-order valence-electron chi connectivity index (χ3n) is 4.64. The van der Waals surface area contributed by atoms with Gasteiger partial charge >= 0.3 is 0 Å². The number of rotatable bonds is 5. The molecule has 0 bridgehead atoms. The van der Waals surface area contributed by atoms with Crippen molar-refractivity contribution in [1.29, 1.82) is 0 Å². The van der Waals surface area contributed by atoms with E-state index < -0.39 is 0 Å². The monoisotopic (exact) mass is 367 g/mol. The van der Waals surface area contributed by atoms with Gasteiger partial charge in [-0.15, -0.1) is 0 Å². The molecule has 0 unspecified atom stereocenters. The van der Waals surface area contributed by atoms with Crippen molar-refractivity contribution in [1.82, 2.24) is 14.9 Å². The lowest BCUT2D eigenvalue weighted by atomic mass is 10.1. The SMILES string of the molecule is CCOc1cc(CN2CCc3c(nc(-c4ccco4)[nH]c3=O)C2)ccc1O. The molecule has 0 fully saturated rings. The normalized spacial score (nSPS) is 14.1. The van der Waals surface area contributed by atoms with Crippen LogP contribution in [0, 0.1) is 0 Å². The van der Waals surface area contributed by atoms with E-state index in [1.165, 1.54) is 0 Å². The van der Waals surface area contributed by atoms with E-state index in [9.17, 15) is 9.90 Å². The van der Waals surface area contributed by atoms with Crippen LogP contribution >= 0.6 is 0 Å². The number of benzene rings is 1. The van der Waals surface area contributed by atoms with Crippen molar-refractivity contribution in [2.24, 2.45) is 0 Å². The molecule has 2 aromatic heterocycles. The minimum absolute atomic E-state index is 0.102. The summed E-state index contributed by atoms with van der Waals surface area (Å²) in [5.74, 6) is 1.63. The van der Waals surface area contributed by atoms with Crippen LogP contribution in [0.5, 0.6) is 11.5 Å². The van der Waals surface area contributed by atoms with Crippen molar-refractivity contribution in [3.05, 3.63) is 63.8 Å². The van der Waals surface area contributed by atoms with Crippen LogP contribution < -0.4 is 10.3 Å². The molecule has 1 aliphatic rings. The van der Waals surface area contributed by atoms with E-state index in [0.29, 0.717) is 43.5 Å². The number of aromatic hydroxyl groups is 1. The van der Waals surface area contributed by atoms with Crippen LogP contribution in [0.2, 0.25) is 0 Å². The van der Waals surface area contributed by atoms with Gasteiger partial charge in [0.15, 0.2) is 23.1 Å². The summed E-state index contributed by atoms with van der Waals surface area (Å²) in [4.78, 5) is 22.0. The molecular weight excluding hydrogens is 346 g/mol. The average molecular weight is 367 g/mol. The van der Waals surface area contributed by atoms with E-state index in [1.54, 1.807) is 24.5 Å². The fourth-order valence-electron chi connectivity index (χ4n) is 3.34. The first-order chi connectivity index (χ1) is 13.1. The van der Waals surface area contributed by atoms with E-state index >= 15 is 0 Å². The maximum absolute atomic E-state index is 12.4. The predicted molar refractivity (Wildman–Crippen MR) is 99.7 cm³/mol. The number of hydrogen-bond donors (Lipinski definition) is 2. The molecule has 140 valence electrons. The molecule has 3 aromatic rings. The number of nitrogens with zero attached hydrogens (tertiary/aromatic N) is 2. The van der Waals surface area contributed by atoms with Gasteiger partial charge in [0.25, 0.3) is 5.56 Å². The number of ether oxygens (including phenoxy) is 1. The first-order valence-corrected chi connectivity index (χ1v) is 8.97. The molecule has 0 aliphatic carbocycles. The Labute approximate surface area is 156 Å². The first-order valence-electron chi connectivity index (χ1n) is 8.97. The Kier molecular flexibility index (Phi) is 4.68. The second-order valence-electron chi connectivity index (χ2n) is 6.51. The maximum Gasteiger partial charge on any atom is 0.254 e. The highest BCUT2D eigenvalue weighted by Gasteiger charge is 2.22. The van der Waals surface area contributed by atoms with E-state index in [0.717, 1.165) is 23.4 Å². The van der Waals surface area contributed by atoms with Gasteiger partial charge in [-0.3, -0.25) is 9.69 Å². The minimum Gasteiger partial charge on any atom is -0.504 e. The predicted octanol–water partition coefficient (Wildman–Crippen LogP) is 2.69. The number of H-pyrrole nitrogens is 1. The number of hydrogen-bond acceptors (Lipinski definition) is 6. The van der Waals surface area contributed by atoms with Crippen LogP contribution in [0.3, 0.4) is 0 Å². The molecule has 1 aromatic carbocycles. The lowest BCUT2D eigenvalue weighted by Crippen LogP contribution is -2.35. The quantitative estimate of drug-likeness (QED) is 0.720. The van der Waals surface area contributed by atoms with Gasteiger partial charge in [-0.2, -0.15) is 0 Å². The van der Waals surface area contributed by atoms with Crippen molar-refractivity contribution in [3.8, 4) is 23.1 Å². The van der Waals surface area contributed by atoms with E-state index in [-0.39, 0.29) is 11.3 Å². The van der Waals surface area contributed by atoms with Gasteiger partial charge in [-0.25, -0.2) is 4.98 Å². The van der Waals surface area contributed by atoms with Gasteiger partial charge in [0.05, 0.1) is 18.6 Å². The molecular formula is C20H21N3O4. The van der Waals surface area contributed by atoms with Gasteiger partial charge in [0.1, 0.15) is 0 Å². The zero-order valence-electron chi connectivity index (χ0n) is 15.1. The Balaban J connectivity index is 1.56. The van der Waals surface area contributed by atoms with Crippen molar-refractivity contribution < 1.29 is 14.3 Å². The zero-order valence-corrected chi connectivity index (χ0v) is 15.1. The third-order valence-corrected chi connectivity index (χ3v) is 4.64. The summed E-state index contributed by atoms with van der Waals surface area (Å²) in [5, 5.41) is 9.86. The second kappa shape index (κ2) is 7.28. The van der Waals surface area contributed by atoms with Gasteiger partial charge in [-0.05, 0) is 43.2 Å². The van der Waals surface area contributed by atoms with Crippen LogP contribution in [0.1, 0.15) is 23.7 Å². The summed E-state index contributed by atoms with van der Waals surface area (Å²) in [5.41, 5.74) is 2.45. The van der Waals surface area contributed by atoms with Crippen molar-refractivity contribution in [3.63, 3.8) is 0 Å². The van der Waals surface area contributed by atoms with Crippen molar-refractivity contribution >= 4 is 0 Å². The maximum atomic E-state index is 12.4. The van der Waals surface area contributed by atoms with Gasteiger partial charge in [0, 0.05) is 25.2 Å². The summed E-state index contributed by atoms with van der Waals surface area (Å²) in [6, 6.07) is 8.93. The van der Waals surface area contributed by atoms with Gasteiger partial charge in [-0.1, -0.05) is 6.07 Å². The number of aromatic amines is 1. The number of fused-ring (bicyclic) bond motifs is 1. The topological polar surface area (TPSA) is 91.6 Å². The largest absolute Gasteiger partial charge is 0.504 e. The standard InChI is InChI=1S/C20H21N3O4/c1-2-26-18-10-13(5-6-16(18)24)11-23-8-7-14-15(12-23)21-19(22-20(14)25)17-4-3-9-27-17/h3-6,9-10,24H,2,7-8,11-12H2,1H3,(H,21,22,25). The van der Waals surface area contributed by atoms with Crippen LogP contribution in [0.15, 0.2) is 45.8 Å². The number of furan rings is 1. The summed E-state index contributed by atoms with van der Waals surface area (Å²) in [6.07, 6.45) is 2.20. The second-order valence-corrected chi connectivity index (χ2v) is 6.51. The highest BCUT2D eigenvalue weighted by molar-refractivity contribution is 5.47. The first kappa shape index (κ1) is 17.4. The molecule has 3 heterocycles. The molecule has 0 saturated heterocycles. The number of aromatic nitrogens is 2. The van der Waals surface area contributed by atoms with Crippen molar-refractivity contribution in [2.75, 3.05) is 13.2 Å².